The summed E-state index contributed by atoms with van der Waals surface area (Å²) in [6.45, 7) is 0. The molecular formula is C13H14BrN5O4. The number of carbonyl (C=O) groups excluding carboxylic acids is 3. The molecule has 0 bridgehead atoms. The molecule has 1 atom stereocenters. The molecule has 9 nitrogen and oxygen atoms in total. The number of carbonyl (C=O) groups is 3. The number of benzene rings is 1. The molecular weight excluding hydrogens is 370 g/mol. The number of halogens is 1. The lowest BCUT2D eigenvalue weighted by Crippen LogP contribution is -2.62. The molecule has 0 radical (unpaired) electrons. The quantitative estimate of drug-likeness (QED) is 0.363. The maximum Gasteiger partial charge on any atom is 0.335 e. The number of hydrogen-bond donors (Lipinski definition) is 5. The van der Waals surface area contributed by atoms with Gasteiger partial charge in [-0.1, -0.05) is 15.9 Å². The molecule has 2 rings (SSSR count). The van der Waals surface area contributed by atoms with Crippen molar-refractivity contribution in [2.45, 2.75) is 18.9 Å². The van der Waals surface area contributed by atoms with Crippen molar-refractivity contribution in [2.75, 3.05) is 0 Å². The maximum absolute atomic E-state index is 11.7. The molecule has 1 aromatic rings. The Kier molecular flexibility index (Phi) is 5.66. The van der Waals surface area contributed by atoms with Gasteiger partial charge in [-0.15, -0.1) is 0 Å². The monoisotopic (exact) mass is 383 g/mol. The highest BCUT2D eigenvalue weighted by molar-refractivity contribution is 9.10. The van der Waals surface area contributed by atoms with Crippen LogP contribution in [0.2, 0.25) is 0 Å². The molecule has 4 amide bonds. The molecule has 1 aromatic carbocycles. The number of urea groups is 1. The Bertz CT molecular complexity index is 664. The SMILES string of the molecule is O=C(CCC1NNC(=O)NC1=O)N/N=C/c1cc(Br)ccc1O. The van der Waals surface area contributed by atoms with Crippen molar-refractivity contribution in [1.29, 1.82) is 0 Å². The van der Waals surface area contributed by atoms with Crippen LogP contribution in [-0.2, 0) is 9.59 Å². The fourth-order valence-electron chi connectivity index (χ4n) is 1.79. The molecule has 1 aliphatic heterocycles. The highest BCUT2D eigenvalue weighted by atomic mass is 79.9. The summed E-state index contributed by atoms with van der Waals surface area (Å²) in [6, 6.07) is 3.50. The number of nitrogens with zero attached hydrogens (tertiary/aromatic N) is 1. The zero-order chi connectivity index (χ0) is 16.8. The maximum atomic E-state index is 11.7. The first-order chi connectivity index (χ1) is 11.0. The predicted molar refractivity (Wildman–Crippen MR) is 84.4 cm³/mol. The molecule has 1 fully saturated rings. The Morgan fingerprint density at radius 1 is 1.43 bits per heavy atom. The normalized spacial score (nSPS) is 17.7. The number of rotatable bonds is 5. The molecule has 0 aliphatic carbocycles. The molecule has 0 aromatic heterocycles. The van der Waals surface area contributed by atoms with Crippen molar-refractivity contribution in [2.24, 2.45) is 5.10 Å². The molecule has 0 saturated carbocycles. The fourth-order valence-corrected chi connectivity index (χ4v) is 2.16. The van der Waals surface area contributed by atoms with E-state index in [2.05, 4.69) is 42.6 Å². The van der Waals surface area contributed by atoms with E-state index in [4.69, 9.17) is 0 Å². The number of imide groups is 1. The summed E-state index contributed by atoms with van der Waals surface area (Å²) < 4.78 is 0.763. The number of hydrazone groups is 1. The topological polar surface area (TPSA) is 132 Å². The number of phenols is 1. The molecule has 1 saturated heterocycles. The molecule has 0 spiro atoms. The average Bonchev–Trinajstić information content (AvgIpc) is 2.50. The van der Waals surface area contributed by atoms with Crippen molar-refractivity contribution in [3.63, 3.8) is 0 Å². The van der Waals surface area contributed by atoms with Crippen molar-refractivity contribution in [1.82, 2.24) is 21.6 Å². The minimum atomic E-state index is -0.684. The van der Waals surface area contributed by atoms with Gasteiger partial charge in [-0.05, 0) is 24.6 Å². The smallest absolute Gasteiger partial charge is 0.335 e. The largest absolute Gasteiger partial charge is 0.507 e. The van der Waals surface area contributed by atoms with Crippen LogP contribution in [0.3, 0.4) is 0 Å². The van der Waals surface area contributed by atoms with E-state index in [1.165, 1.54) is 12.3 Å². The number of nitrogens with one attached hydrogen (secondary N) is 4. The van der Waals surface area contributed by atoms with Gasteiger partial charge in [0.1, 0.15) is 11.8 Å². The van der Waals surface area contributed by atoms with Crippen molar-refractivity contribution in [3.8, 4) is 5.75 Å². The van der Waals surface area contributed by atoms with Crippen LogP contribution in [0.4, 0.5) is 4.79 Å². The van der Waals surface area contributed by atoms with Gasteiger partial charge in [-0.2, -0.15) is 5.10 Å². The second-order valence-electron chi connectivity index (χ2n) is 4.68. The van der Waals surface area contributed by atoms with E-state index in [9.17, 15) is 19.5 Å². The minimum Gasteiger partial charge on any atom is -0.507 e. The lowest BCUT2D eigenvalue weighted by Gasteiger charge is -2.22. The van der Waals surface area contributed by atoms with Crippen LogP contribution < -0.4 is 21.6 Å². The van der Waals surface area contributed by atoms with Crippen LogP contribution in [0.5, 0.6) is 5.75 Å². The molecule has 1 aliphatic rings. The third kappa shape index (κ3) is 5.04. The van der Waals surface area contributed by atoms with E-state index >= 15 is 0 Å². The molecule has 122 valence electrons. The van der Waals surface area contributed by atoms with Crippen molar-refractivity contribution in [3.05, 3.63) is 28.2 Å². The van der Waals surface area contributed by atoms with E-state index in [1.54, 1.807) is 12.1 Å². The number of phenolic OH excluding ortho intramolecular Hbond substituents is 1. The first kappa shape index (κ1) is 16.9. The van der Waals surface area contributed by atoms with E-state index in [-0.39, 0.29) is 18.6 Å². The predicted octanol–water partition coefficient (Wildman–Crippen LogP) is 0.0976. The van der Waals surface area contributed by atoms with E-state index in [1.807, 2.05) is 0 Å². The van der Waals surface area contributed by atoms with Crippen LogP contribution in [0, 0.1) is 0 Å². The average molecular weight is 384 g/mol. The van der Waals surface area contributed by atoms with Gasteiger partial charge in [0.2, 0.25) is 11.8 Å². The van der Waals surface area contributed by atoms with Crippen LogP contribution in [0.25, 0.3) is 0 Å². The van der Waals surface area contributed by atoms with E-state index < -0.39 is 23.9 Å². The summed E-state index contributed by atoms with van der Waals surface area (Å²) in [5, 5.41) is 15.4. The standard InChI is InChI=1S/C13H14BrN5O4/c14-8-1-3-10(20)7(5-8)6-15-18-11(21)4-2-9-12(22)16-13(23)19-17-9/h1,3,5-6,9,17,20H,2,4H2,(H,18,21)(H2,16,19,22,23)/b15-6+. The second kappa shape index (κ2) is 7.70. The Morgan fingerprint density at radius 3 is 2.96 bits per heavy atom. The number of aromatic hydroxyl groups is 1. The van der Waals surface area contributed by atoms with Gasteiger partial charge < -0.3 is 5.11 Å². The lowest BCUT2D eigenvalue weighted by molar-refractivity contribution is -0.124. The molecule has 1 heterocycles. The first-order valence-corrected chi connectivity index (χ1v) is 7.42. The van der Waals surface area contributed by atoms with Gasteiger partial charge in [0, 0.05) is 16.5 Å². The molecule has 23 heavy (non-hydrogen) atoms. The third-order valence-corrected chi connectivity index (χ3v) is 3.45. The Balaban J connectivity index is 1.79. The summed E-state index contributed by atoms with van der Waals surface area (Å²) in [5.74, 6) is -0.864. The van der Waals surface area contributed by atoms with Gasteiger partial charge in [0.15, 0.2) is 0 Å². The lowest BCUT2D eigenvalue weighted by atomic mass is 10.1. The van der Waals surface area contributed by atoms with E-state index in [0.29, 0.717) is 5.56 Å². The zero-order valence-corrected chi connectivity index (χ0v) is 13.4. The molecule has 10 heteroatoms. The Morgan fingerprint density at radius 2 is 2.22 bits per heavy atom. The molecule has 5 N–H and O–H groups in total. The van der Waals surface area contributed by atoms with Gasteiger partial charge in [0.25, 0.3) is 0 Å². The van der Waals surface area contributed by atoms with Crippen LogP contribution in [0.1, 0.15) is 18.4 Å². The summed E-state index contributed by atoms with van der Waals surface area (Å²) in [7, 11) is 0. The van der Waals surface area contributed by atoms with Crippen LogP contribution in [0.15, 0.2) is 27.8 Å². The number of amides is 4. The summed E-state index contributed by atoms with van der Waals surface area (Å²) >= 11 is 3.26. The van der Waals surface area contributed by atoms with Gasteiger partial charge in [0.05, 0.1) is 6.21 Å². The summed E-state index contributed by atoms with van der Waals surface area (Å²) in [6.07, 6.45) is 1.53. The van der Waals surface area contributed by atoms with Crippen molar-refractivity contribution < 1.29 is 19.5 Å². The first-order valence-electron chi connectivity index (χ1n) is 6.62. The van der Waals surface area contributed by atoms with Gasteiger partial charge in [-0.3, -0.25) is 20.3 Å². The minimum absolute atomic E-state index is 0.0305. The Labute approximate surface area is 139 Å². The summed E-state index contributed by atoms with van der Waals surface area (Å²) in [4.78, 5) is 34.0. The highest BCUT2D eigenvalue weighted by Gasteiger charge is 2.25. The highest BCUT2D eigenvalue weighted by Crippen LogP contribution is 2.19. The molecule has 1 unspecified atom stereocenters. The second-order valence-corrected chi connectivity index (χ2v) is 5.59. The summed E-state index contributed by atoms with van der Waals surface area (Å²) in [5.41, 5.74) is 7.49. The van der Waals surface area contributed by atoms with Crippen molar-refractivity contribution >= 4 is 40.0 Å². The zero-order valence-electron chi connectivity index (χ0n) is 11.8. The fraction of sp³-hybridized carbons (Fsp3) is 0.231. The number of hydrogen-bond acceptors (Lipinski definition) is 6. The third-order valence-electron chi connectivity index (χ3n) is 2.96. The van der Waals surface area contributed by atoms with E-state index in [0.717, 1.165) is 4.47 Å². The van der Waals surface area contributed by atoms with Crippen LogP contribution in [-0.4, -0.2) is 35.2 Å². The van der Waals surface area contributed by atoms with Gasteiger partial charge >= 0.3 is 6.03 Å². The van der Waals surface area contributed by atoms with Crippen LogP contribution >= 0.6 is 15.9 Å². The number of hydrazine groups is 1. The Hall–Kier alpha value is -2.46. The van der Waals surface area contributed by atoms with Gasteiger partial charge in [-0.25, -0.2) is 15.6 Å².